The zero-order chi connectivity index (χ0) is 11.0. The summed E-state index contributed by atoms with van der Waals surface area (Å²) in [6.07, 6.45) is 6.02. The number of hydrogen-bond donors (Lipinski definition) is 0. The van der Waals surface area contributed by atoms with Crippen LogP contribution < -0.4 is 0 Å². The van der Waals surface area contributed by atoms with Gasteiger partial charge < -0.3 is 0 Å². The van der Waals surface area contributed by atoms with Crippen LogP contribution in [0, 0.1) is 0 Å². The fourth-order valence-corrected chi connectivity index (χ4v) is 1.08. The predicted molar refractivity (Wildman–Crippen MR) is 65.1 cm³/mol. The summed E-state index contributed by atoms with van der Waals surface area (Å²) in [7, 11) is 0. The third-order valence-electron chi connectivity index (χ3n) is 1.85. The molecule has 14 heavy (non-hydrogen) atoms. The molecule has 0 spiro atoms. The molecule has 0 heterocycles. The minimum atomic E-state index is 0.874. The van der Waals surface area contributed by atoms with Gasteiger partial charge in [0.2, 0.25) is 0 Å². The molecule has 0 aromatic carbocycles. The molecule has 0 aliphatic rings. The van der Waals surface area contributed by atoms with Crippen molar-refractivity contribution in [1.29, 1.82) is 0 Å². The van der Waals surface area contributed by atoms with Crippen molar-refractivity contribution in [2.75, 3.05) is 0 Å². The maximum atomic E-state index is 4.00. The highest BCUT2D eigenvalue weighted by Gasteiger charge is 1.95. The van der Waals surface area contributed by atoms with E-state index in [9.17, 15) is 0 Å². The first-order chi connectivity index (χ1) is 6.61. The monoisotopic (exact) mass is 192 g/mol. The summed E-state index contributed by atoms with van der Waals surface area (Å²) in [4.78, 5) is 0. The Morgan fingerprint density at radius 1 is 1.36 bits per heavy atom. The van der Waals surface area contributed by atoms with Gasteiger partial charge in [-0.15, -0.1) is 0 Å². The van der Waals surface area contributed by atoms with Crippen molar-refractivity contribution in [3.63, 3.8) is 0 Å². The molecule has 0 rings (SSSR count). The van der Waals surface area contributed by atoms with E-state index in [1.165, 1.54) is 12.0 Å². The zero-order valence-corrected chi connectivity index (χ0v) is 9.67. The molecule has 0 fully saturated rings. The van der Waals surface area contributed by atoms with Gasteiger partial charge in [0.15, 0.2) is 0 Å². The van der Waals surface area contributed by atoms with Gasteiger partial charge in [0.05, 0.1) is 5.71 Å². The van der Waals surface area contributed by atoms with Gasteiger partial charge in [0.1, 0.15) is 0 Å². The molecule has 0 amide bonds. The van der Waals surface area contributed by atoms with Crippen molar-refractivity contribution in [3.8, 4) is 0 Å². The molecule has 0 aliphatic carbocycles. The van der Waals surface area contributed by atoms with Crippen molar-refractivity contribution in [3.05, 3.63) is 23.8 Å². The van der Waals surface area contributed by atoms with Crippen molar-refractivity contribution in [2.45, 2.75) is 40.5 Å². The number of nitrogens with zero attached hydrogens (tertiary/aromatic N) is 2. The van der Waals surface area contributed by atoms with Gasteiger partial charge in [0.25, 0.3) is 0 Å². The van der Waals surface area contributed by atoms with E-state index in [1.807, 2.05) is 13.8 Å². The lowest BCUT2D eigenvalue weighted by molar-refractivity contribution is 0.905. The topological polar surface area (TPSA) is 24.7 Å². The Bertz CT molecular complexity index is 270. The molecule has 0 atom stereocenters. The third kappa shape index (κ3) is 5.46. The minimum Gasteiger partial charge on any atom is -0.164 e. The smallest absolute Gasteiger partial charge is 0.0665 e. The van der Waals surface area contributed by atoms with E-state index in [0.717, 1.165) is 17.7 Å². The molecule has 0 aliphatic heterocycles. The fourth-order valence-electron chi connectivity index (χ4n) is 1.08. The first-order valence-corrected chi connectivity index (χ1v) is 5.00. The molecule has 2 heteroatoms. The van der Waals surface area contributed by atoms with E-state index in [-0.39, 0.29) is 0 Å². The van der Waals surface area contributed by atoms with Crippen molar-refractivity contribution >= 4 is 11.9 Å². The second-order valence-electron chi connectivity index (χ2n) is 3.33. The summed E-state index contributed by atoms with van der Waals surface area (Å²) in [5.41, 5.74) is 3.16. The highest BCUT2D eigenvalue weighted by atomic mass is 15.2. The van der Waals surface area contributed by atoms with Crippen LogP contribution in [0.5, 0.6) is 0 Å². The van der Waals surface area contributed by atoms with Crippen molar-refractivity contribution in [2.24, 2.45) is 10.2 Å². The van der Waals surface area contributed by atoms with Gasteiger partial charge in [-0.3, -0.25) is 0 Å². The van der Waals surface area contributed by atoms with Gasteiger partial charge in [-0.25, -0.2) is 0 Å². The van der Waals surface area contributed by atoms with Crippen LogP contribution >= 0.6 is 0 Å². The van der Waals surface area contributed by atoms with Gasteiger partial charge >= 0.3 is 0 Å². The fraction of sp³-hybridized carbons (Fsp3) is 0.500. The summed E-state index contributed by atoms with van der Waals surface area (Å²) in [5, 5.41) is 7.82. The van der Waals surface area contributed by atoms with Crippen LogP contribution in [0.3, 0.4) is 0 Å². The molecule has 0 aromatic heterocycles. The highest BCUT2D eigenvalue weighted by Crippen LogP contribution is 2.08. The number of hydrogen-bond acceptors (Lipinski definition) is 2. The SMILES string of the molecule is C=C(/C=C(\C)CCC)/C(C)=N\N=C\C. The molecule has 0 saturated heterocycles. The molecule has 2 nitrogen and oxygen atoms in total. The van der Waals surface area contributed by atoms with Crippen molar-refractivity contribution < 1.29 is 0 Å². The average Bonchev–Trinajstić information content (AvgIpc) is 2.14. The lowest BCUT2D eigenvalue weighted by Gasteiger charge is -2.00. The van der Waals surface area contributed by atoms with E-state index < -0.39 is 0 Å². The van der Waals surface area contributed by atoms with Gasteiger partial charge in [-0.1, -0.05) is 31.6 Å². The average molecular weight is 192 g/mol. The van der Waals surface area contributed by atoms with Gasteiger partial charge in [0, 0.05) is 6.21 Å². The van der Waals surface area contributed by atoms with Crippen LogP contribution in [0.1, 0.15) is 40.5 Å². The summed E-state index contributed by atoms with van der Waals surface area (Å²) >= 11 is 0. The maximum absolute atomic E-state index is 4.00. The Morgan fingerprint density at radius 3 is 2.50 bits per heavy atom. The first kappa shape index (κ1) is 12.8. The summed E-state index contributed by atoms with van der Waals surface area (Å²) in [6.45, 7) is 12.0. The molecular formula is C12H20N2. The van der Waals surface area contributed by atoms with E-state index in [1.54, 1.807) is 6.21 Å². The standard InChI is InChI=1S/C12H20N2/c1-6-8-10(3)9-11(4)12(5)14-13-7-2/h7,9H,4,6,8H2,1-3,5H3/b10-9+,13-7+,14-12-. The van der Waals surface area contributed by atoms with Crippen LogP contribution in [-0.2, 0) is 0 Å². The highest BCUT2D eigenvalue weighted by molar-refractivity contribution is 6.00. The molecule has 0 saturated carbocycles. The van der Waals surface area contributed by atoms with Gasteiger partial charge in [-0.05, 0) is 32.8 Å². The molecule has 0 radical (unpaired) electrons. The first-order valence-electron chi connectivity index (χ1n) is 5.00. The maximum Gasteiger partial charge on any atom is 0.0665 e. The van der Waals surface area contributed by atoms with Crippen LogP contribution in [-0.4, -0.2) is 11.9 Å². The largest absolute Gasteiger partial charge is 0.164 e. The Hall–Kier alpha value is -1.18. The van der Waals surface area contributed by atoms with E-state index >= 15 is 0 Å². The summed E-state index contributed by atoms with van der Waals surface area (Å²) in [6, 6.07) is 0. The lowest BCUT2D eigenvalue weighted by Crippen LogP contribution is -1.93. The van der Waals surface area contributed by atoms with Gasteiger partial charge in [-0.2, -0.15) is 10.2 Å². The summed E-state index contributed by atoms with van der Waals surface area (Å²) in [5.74, 6) is 0. The Balaban J connectivity index is 4.40. The van der Waals surface area contributed by atoms with Crippen LogP contribution in [0.25, 0.3) is 0 Å². The molecule has 0 aromatic rings. The molecular weight excluding hydrogens is 172 g/mol. The lowest BCUT2D eigenvalue weighted by atomic mass is 10.1. The molecule has 0 N–H and O–H groups in total. The van der Waals surface area contributed by atoms with Crippen molar-refractivity contribution in [1.82, 2.24) is 0 Å². The van der Waals surface area contributed by atoms with Crippen LogP contribution in [0.2, 0.25) is 0 Å². The second-order valence-corrected chi connectivity index (χ2v) is 3.33. The van der Waals surface area contributed by atoms with E-state index in [4.69, 9.17) is 0 Å². The Morgan fingerprint density at radius 2 is 2.00 bits per heavy atom. The minimum absolute atomic E-state index is 0.874. The van der Waals surface area contributed by atoms with Crippen LogP contribution in [0.4, 0.5) is 0 Å². The Labute approximate surface area is 87.1 Å². The molecule has 0 bridgehead atoms. The Kier molecular flexibility index (Phi) is 6.63. The van der Waals surface area contributed by atoms with E-state index in [2.05, 4.69) is 36.7 Å². The zero-order valence-electron chi connectivity index (χ0n) is 9.67. The third-order valence-corrected chi connectivity index (χ3v) is 1.85. The molecule has 0 unspecified atom stereocenters. The predicted octanol–water partition coefficient (Wildman–Crippen LogP) is 3.76. The second kappa shape index (κ2) is 7.25. The number of rotatable bonds is 5. The van der Waals surface area contributed by atoms with E-state index in [0.29, 0.717) is 0 Å². The molecule has 78 valence electrons. The number of allylic oxidation sites excluding steroid dienone is 3. The summed E-state index contributed by atoms with van der Waals surface area (Å²) < 4.78 is 0. The normalized spacial score (nSPS) is 13.7. The quantitative estimate of drug-likeness (QED) is 0.360. The van der Waals surface area contributed by atoms with Crippen LogP contribution in [0.15, 0.2) is 34.0 Å².